The maximum atomic E-state index is 11.4. The quantitative estimate of drug-likeness (QED) is 0.904. The van der Waals surface area contributed by atoms with Gasteiger partial charge in [-0.05, 0) is 17.2 Å². The lowest BCUT2D eigenvalue weighted by Gasteiger charge is -2.03. The summed E-state index contributed by atoms with van der Waals surface area (Å²) in [4.78, 5) is 11.4. The third-order valence-electron chi connectivity index (χ3n) is 2.49. The molecule has 0 aliphatic heterocycles. The lowest BCUT2D eigenvalue weighted by atomic mass is 10.2. The number of hydrogen-bond donors (Lipinski definition) is 1. The van der Waals surface area contributed by atoms with Crippen molar-refractivity contribution in [3.05, 3.63) is 78.0 Å². The van der Waals surface area contributed by atoms with E-state index in [1.165, 1.54) is 0 Å². The zero-order chi connectivity index (χ0) is 13.3. The van der Waals surface area contributed by atoms with E-state index < -0.39 is 6.09 Å². The zero-order valence-corrected chi connectivity index (χ0v) is 10.5. The van der Waals surface area contributed by atoms with Crippen LogP contribution in [0.2, 0.25) is 0 Å². The topological polar surface area (TPSA) is 38.3 Å². The van der Waals surface area contributed by atoms with Gasteiger partial charge in [0.25, 0.3) is 0 Å². The molecule has 3 heteroatoms. The van der Waals surface area contributed by atoms with Crippen molar-refractivity contribution in [2.45, 2.75) is 6.61 Å². The number of amides is 1. The van der Waals surface area contributed by atoms with E-state index in [9.17, 15) is 4.79 Å². The minimum Gasteiger partial charge on any atom is -0.444 e. The molecule has 0 saturated carbocycles. The first kappa shape index (κ1) is 12.9. The first-order valence-corrected chi connectivity index (χ1v) is 6.03. The molecule has 19 heavy (non-hydrogen) atoms. The highest BCUT2D eigenvalue weighted by atomic mass is 16.5. The number of carbonyl (C=O) groups excluding carboxylic acids is 1. The molecule has 0 spiro atoms. The van der Waals surface area contributed by atoms with E-state index in [2.05, 4.69) is 5.32 Å². The van der Waals surface area contributed by atoms with Gasteiger partial charge in [-0.3, -0.25) is 5.32 Å². The van der Waals surface area contributed by atoms with Crippen LogP contribution in [0.5, 0.6) is 0 Å². The van der Waals surface area contributed by atoms with Crippen molar-refractivity contribution in [3.8, 4) is 0 Å². The Morgan fingerprint density at radius 1 is 1.00 bits per heavy atom. The predicted molar refractivity (Wildman–Crippen MR) is 75.2 cm³/mol. The van der Waals surface area contributed by atoms with E-state index in [1.54, 1.807) is 6.20 Å². The van der Waals surface area contributed by atoms with Crippen molar-refractivity contribution in [1.29, 1.82) is 0 Å². The predicted octanol–water partition coefficient (Wildman–Crippen LogP) is 3.58. The van der Waals surface area contributed by atoms with Crippen LogP contribution >= 0.6 is 0 Å². The van der Waals surface area contributed by atoms with Gasteiger partial charge in [-0.1, -0.05) is 60.7 Å². The van der Waals surface area contributed by atoms with Gasteiger partial charge in [-0.25, -0.2) is 4.79 Å². The van der Waals surface area contributed by atoms with Crippen molar-refractivity contribution in [2.24, 2.45) is 0 Å². The normalized spacial score (nSPS) is 10.3. The van der Waals surface area contributed by atoms with Gasteiger partial charge in [0, 0.05) is 6.20 Å². The monoisotopic (exact) mass is 253 g/mol. The number of benzene rings is 2. The Labute approximate surface area is 112 Å². The lowest BCUT2D eigenvalue weighted by Crippen LogP contribution is -2.18. The maximum Gasteiger partial charge on any atom is 0.411 e. The van der Waals surface area contributed by atoms with E-state index in [0.717, 1.165) is 11.1 Å². The summed E-state index contributed by atoms with van der Waals surface area (Å²) in [7, 11) is 0. The molecule has 0 atom stereocenters. The highest BCUT2D eigenvalue weighted by molar-refractivity contribution is 5.69. The fraction of sp³-hybridized carbons (Fsp3) is 0.0625. The van der Waals surface area contributed by atoms with Crippen LogP contribution < -0.4 is 5.32 Å². The number of carbonyl (C=O) groups is 1. The molecule has 0 unspecified atom stereocenters. The summed E-state index contributed by atoms with van der Waals surface area (Å²) in [6.45, 7) is 0.270. The van der Waals surface area contributed by atoms with Gasteiger partial charge in [0.05, 0.1) is 0 Å². The lowest BCUT2D eigenvalue weighted by molar-refractivity contribution is 0.143. The second kappa shape index (κ2) is 7.01. The van der Waals surface area contributed by atoms with Crippen molar-refractivity contribution in [1.82, 2.24) is 5.32 Å². The third-order valence-corrected chi connectivity index (χ3v) is 2.49. The zero-order valence-electron chi connectivity index (χ0n) is 10.5. The highest BCUT2D eigenvalue weighted by Gasteiger charge is 1.99. The van der Waals surface area contributed by atoms with E-state index in [0.29, 0.717) is 0 Å². The third kappa shape index (κ3) is 4.68. The summed E-state index contributed by atoms with van der Waals surface area (Å²) >= 11 is 0. The van der Waals surface area contributed by atoms with Gasteiger partial charge < -0.3 is 4.74 Å². The molecule has 0 aliphatic rings. The molecule has 0 aromatic heterocycles. The Kier molecular flexibility index (Phi) is 4.76. The van der Waals surface area contributed by atoms with Gasteiger partial charge in [0.2, 0.25) is 0 Å². The molecule has 1 N–H and O–H groups in total. The first-order valence-electron chi connectivity index (χ1n) is 6.03. The van der Waals surface area contributed by atoms with Crippen molar-refractivity contribution < 1.29 is 9.53 Å². The molecule has 0 fully saturated rings. The smallest absolute Gasteiger partial charge is 0.411 e. The van der Waals surface area contributed by atoms with Crippen LogP contribution in [0.1, 0.15) is 11.1 Å². The van der Waals surface area contributed by atoms with Crippen LogP contribution in [-0.4, -0.2) is 6.09 Å². The van der Waals surface area contributed by atoms with Crippen LogP contribution in [0.4, 0.5) is 4.79 Å². The van der Waals surface area contributed by atoms with Crippen LogP contribution in [-0.2, 0) is 11.3 Å². The number of alkyl carbamates (subject to hydrolysis) is 1. The summed E-state index contributed by atoms with van der Waals surface area (Å²) in [5.41, 5.74) is 1.98. The van der Waals surface area contributed by atoms with E-state index in [1.807, 2.05) is 66.7 Å². The molecule has 0 aliphatic carbocycles. The first-order chi connectivity index (χ1) is 9.34. The summed E-state index contributed by atoms with van der Waals surface area (Å²) in [5.74, 6) is 0. The molecule has 0 saturated heterocycles. The summed E-state index contributed by atoms with van der Waals surface area (Å²) in [6, 6.07) is 19.3. The minimum absolute atomic E-state index is 0.270. The second-order valence-corrected chi connectivity index (χ2v) is 3.95. The summed E-state index contributed by atoms with van der Waals surface area (Å²) in [5, 5.41) is 2.56. The van der Waals surface area contributed by atoms with Crippen molar-refractivity contribution in [2.75, 3.05) is 0 Å². The molecule has 96 valence electrons. The van der Waals surface area contributed by atoms with E-state index >= 15 is 0 Å². The fourth-order valence-electron chi connectivity index (χ4n) is 1.53. The molecule has 2 aromatic carbocycles. The molecular weight excluding hydrogens is 238 g/mol. The fourth-order valence-corrected chi connectivity index (χ4v) is 1.53. The average Bonchev–Trinajstić information content (AvgIpc) is 2.47. The van der Waals surface area contributed by atoms with Crippen LogP contribution in [0.3, 0.4) is 0 Å². The Morgan fingerprint density at radius 2 is 1.63 bits per heavy atom. The maximum absolute atomic E-state index is 11.4. The standard InChI is InChI=1S/C16H15NO2/c18-16(19-13-15-9-5-2-6-10-15)17-12-11-14-7-3-1-4-8-14/h1-12H,13H2,(H,17,18)/b12-11-. The summed E-state index contributed by atoms with van der Waals surface area (Å²) in [6.07, 6.45) is 2.92. The largest absolute Gasteiger partial charge is 0.444 e. The highest BCUT2D eigenvalue weighted by Crippen LogP contribution is 2.01. The van der Waals surface area contributed by atoms with Gasteiger partial charge in [-0.15, -0.1) is 0 Å². The molecular formula is C16H15NO2. The van der Waals surface area contributed by atoms with Gasteiger partial charge in [0.15, 0.2) is 0 Å². The van der Waals surface area contributed by atoms with E-state index in [4.69, 9.17) is 4.74 Å². The Morgan fingerprint density at radius 3 is 2.32 bits per heavy atom. The second-order valence-electron chi connectivity index (χ2n) is 3.95. The molecule has 2 aromatic rings. The average molecular weight is 253 g/mol. The van der Waals surface area contributed by atoms with Crippen molar-refractivity contribution in [3.63, 3.8) is 0 Å². The number of rotatable bonds is 4. The minimum atomic E-state index is -0.462. The van der Waals surface area contributed by atoms with Crippen molar-refractivity contribution >= 4 is 12.2 Å². The van der Waals surface area contributed by atoms with Crippen LogP contribution in [0.25, 0.3) is 6.08 Å². The number of hydrogen-bond acceptors (Lipinski definition) is 2. The van der Waals surface area contributed by atoms with Gasteiger partial charge in [0.1, 0.15) is 6.61 Å². The van der Waals surface area contributed by atoms with Gasteiger partial charge >= 0.3 is 6.09 Å². The van der Waals surface area contributed by atoms with E-state index in [-0.39, 0.29) is 6.61 Å². The Bertz CT molecular complexity index is 535. The molecule has 2 rings (SSSR count). The SMILES string of the molecule is O=C(N/C=C\c1ccccc1)OCc1ccccc1. The molecule has 0 radical (unpaired) electrons. The number of ether oxygens (including phenoxy) is 1. The Balaban J connectivity index is 1.75. The molecule has 0 heterocycles. The molecule has 3 nitrogen and oxygen atoms in total. The van der Waals surface area contributed by atoms with Crippen LogP contribution in [0.15, 0.2) is 66.9 Å². The number of nitrogens with one attached hydrogen (secondary N) is 1. The van der Waals surface area contributed by atoms with Crippen LogP contribution in [0, 0.1) is 0 Å². The van der Waals surface area contributed by atoms with Gasteiger partial charge in [-0.2, -0.15) is 0 Å². The molecule has 0 bridgehead atoms. The summed E-state index contributed by atoms with van der Waals surface area (Å²) < 4.78 is 5.06. The molecule has 1 amide bonds. The Hall–Kier alpha value is -2.55.